The van der Waals surface area contributed by atoms with Crippen molar-refractivity contribution in [3.63, 3.8) is 0 Å². The largest absolute Gasteiger partial charge is 0.495 e. The van der Waals surface area contributed by atoms with Crippen LogP contribution in [0.25, 0.3) is 0 Å². The van der Waals surface area contributed by atoms with Crippen LogP contribution in [0.1, 0.15) is 20.7 Å². The van der Waals surface area contributed by atoms with E-state index in [-0.39, 0.29) is 0 Å². The van der Waals surface area contributed by atoms with Crippen LogP contribution in [0.3, 0.4) is 0 Å². The molecule has 0 radical (unpaired) electrons. The standard InChI is InChI=1S/C11H12O2S2/c1-7-3-4-9(15-7)10(12)11-8(13-2)5-6-14-11/h3-6,10,12H,1-2H3. The van der Waals surface area contributed by atoms with E-state index in [1.807, 2.05) is 30.5 Å². The lowest BCUT2D eigenvalue weighted by Crippen LogP contribution is -1.96. The fourth-order valence-corrected chi connectivity index (χ4v) is 3.22. The number of aryl methyl sites for hydroxylation is 1. The molecule has 1 unspecified atom stereocenters. The summed E-state index contributed by atoms with van der Waals surface area (Å²) in [5.41, 5.74) is 0. The van der Waals surface area contributed by atoms with Crippen LogP contribution in [-0.4, -0.2) is 12.2 Å². The molecule has 1 N–H and O–H groups in total. The van der Waals surface area contributed by atoms with Crippen LogP contribution in [0.15, 0.2) is 23.6 Å². The Hall–Kier alpha value is -0.840. The minimum absolute atomic E-state index is 0.557. The van der Waals surface area contributed by atoms with E-state index in [4.69, 9.17) is 4.74 Å². The zero-order chi connectivity index (χ0) is 10.8. The maximum absolute atomic E-state index is 10.1. The predicted octanol–water partition coefficient (Wildman–Crippen LogP) is 3.21. The van der Waals surface area contributed by atoms with Crippen LogP contribution in [0.4, 0.5) is 0 Å². The lowest BCUT2D eigenvalue weighted by molar-refractivity contribution is 0.223. The highest BCUT2D eigenvalue weighted by molar-refractivity contribution is 7.13. The number of rotatable bonds is 3. The topological polar surface area (TPSA) is 29.5 Å². The third kappa shape index (κ3) is 2.07. The first-order valence-corrected chi connectivity index (χ1v) is 6.27. The van der Waals surface area contributed by atoms with E-state index in [1.165, 1.54) is 16.2 Å². The first kappa shape index (κ1) is 10.7. The van der Waals surface area contributed by atoms with E-state index in [9.17, 15) is 5.11 Å². The molecule has 0 saturated carbocycles. The maximum Gasteiger partial charge on any atom is 0.135 e. The highest BCUT2D eigenvalue weighted by atomic mass is 32.1. The van der Waals surface area contributed by atoms with Crippen molar-refractivity contribution >= 4 is 22.7 Å². The van der Waals surface area contributed by atoms with E-state index in [0.29, 0.717) is 0 Å². The lowest BCUT2D eigenvalue weighted by atomic mass is 10.2. The Bertz CT molecular complexity index is 445. The van der Waals surface area contributed by atoms with Gasteiger partial charge in [-0.3, -0.25) is 0 Å². The number of hydrogen-bond acceptors (Lipinski definition) is 4. The maximum atomic E-state index is 10.1. The van der Waals surface area contributed by atoms with E-state index < -0.39 is 6.10 Å². The number of ether oxygens (including phenoxy) is 1. The zero-order valence-corrected chi connectivity index (χ0v) is 10.2. The fraction of sp³-hybridized carbons (Fsp3) is 0.273. The minimum atomic E-state index is -0.557. The SMILES string of the molecule is COc1ccsc1C(O)c1ccc(C)s1. The third-order valence-electron chi connectivity index (χ3n) is 2.16. The van der Waals surface area contributed by atoms with Crippen LogP contribution in [0.5, 0.6) is 5.75 Å². The second-order valence-corrected chi connectivity index (χ2v) is 5.47. The summed E-state index contributed by atoms with van der Waals surface area (Å²) in [4.78, 5) is 3.05. The van der Waals surface area contributed by atoms with Gasteiger partial charge in [0.15, 0.2) is 0 Å². The lowest BCUT2D eigenvalue weighted by Gasteiger charge is -2.08. The van der Waals surface area contributed by atoms with Gasteiger partial charge < -0.3 is 9.84 Å². The molecule has 0 aliphatic carbocycles. The smallest absolute Gasteiger partial charge is 0.135 e. The summed E-state index contributed by atoms with van der Waals surface area (Å²) < 4.78 is 5.19. The number of thiophene rings is 2. The van der Waals surface area contributed by atoms with Crippen molar-refractivity contribution in [1.29, 1.82) is 0 Å². The van der Waals surface area contributed by atoms with Gasteiger partial charge in [0.05, 0.1) is 12.0 Å². The Balaban J connectivity index is 2.31. The molecular formula is C11H12O2S2. The summed E-state index contributed by atoms with van der Waals surface area (Å²) in [6.45, 7) is 2.03. The first-order chi connectivity index (χ1) is 7.22. The number of aliphatic hydroxyl groups excluding tert-OH is 1. The summed E-state index contributed by atoms with van der Waals surface area (Å²) in [6, 6.07) is 5.86. The summed E-state index contributed by atoms with van der Waals surface area (Å²) in [5.74, 6) is 0.763. The van der Waals surface area contributed by atoms with Gasteiger partial charge in [0.2, 0.25) is 0 Å². The molecule has 2 aromatic rings. The van der Waals surface area contributed by atoms with Crippen molar-refractivity contribution in [2.45, 2.75) is 13.0 Å². The first-order valence-electron chi connectivity index (χ1n) is 4.58. The van der Waals surface area contributed by atoms with Crippen molar-refractivity contribution in [2.24, 2.45) is 0 Å². The molecule has 2 nitrogen and oxygen atoms in total. The molecule has 1 atom stereocenters. The second-order valence-electron chi connectivity index (χ2n) is 3.20. The summed E-state index contributed by atoms with van der Waals surface area (Å²) in [5, 5.41) is 12.1. The molecule has 80 valence electrons. The van der Waals surface area contributed by atoms with E-state index in [2.05, 4.69) is 0 Å². The average Bonchev–Trinajstić information content (AvgIpc) is 2.84. The number of aliphatic hydroxyl groups is 1. The van der Waals surface area contributed by atoms with Gasteiger partial charge in [-0.1, -0.05) is 0 Å². The van der Waals surface area contributed by atoms with Gasteiger partial charge in [-0.15, -0.1) is 22.7 Å². The Morgan fingerprint density at radius 2 is 2.13 bits per heavy atom. The van der Waals surface area contributed by atoms with Gasteiger partial charge in [0.1, 0.15) is 11.9 Å². The molecular weight excluding hydrogens is 228 g/mol. The molecule has 0 spiro atoms. The third-order valence-corrected chi connectivity index (χ3v) is 4.16. The fourth-order valence-electron chi connectivity index (χ4n) is 1.41. The van der Waals surface area contributed by atoms with Crippen LogP contribution >= 0.6 is 22.7 Å². The van der Waals surface area contributed by atoms with Crippen LogP contribution in [0.2, 0.25) is 0 Å². The molecule has 2 aromatic heterocycles. The van der Waals surface area contributed by atoms with E-state index >= 15 is 0 Å². The molecule has 0 aliphatic heterocycles. The molecule has 0 aliphatic rings. The molecule has 0 fully saturated rings. The Kier molecular flexibility index (Phi) is 3.09. The average molecular weight is 240 g/mol. The minimum Gasteiger partial charge on any atom is -0.495 e. The Morgan fingerprint density at radius 1 is 1.33 bits per heavy atom. The van der Waals surface area contributed by atoms with Crippen LogP contribution in [0, 0.1) is 6.92 Å². The Labute approximate surface area is 96.8 Å². The van der Waals surface area contributed by atoms with E-state index in [0.717, 1.165) is 15.5 Å². The molecule has 2 heterocycles. The molecule has 0 amide bonds. The van der Waals surface area contributed by atoms with Crippen molar-refractivity contribution in [2.75, 3.05) is 7.11 Å². The van der Waals surface area contributed by atoms with Crippen molar-refractivity contribution in [3.05, 3.63) is 38.2 Å². The molecule has 4 heteroatoms. The van der Waals surface area contributed by atoms with Crippen molar-refractivity contribution in [1.82, 2.24) is 0 Å². The molecule has 0 saturated heterocycles. The second kappa shape index (κ2) is 4.35. The molecule has 0 aromatic carbocycles. The quantitative estimate of drug-likeness (QED) is 0.892. The monoisotopic (exact) mass is 240 g/mol. The Morgan fingerprint density at radius 3 is 2.73 bits per heavy atom. The van der Waals surface area contributed by atoms with Gasteiger partial charge in [-0.2, -0.15) is 0 Å². The number of methoxy groups -OCH3 is 1. The number of hydrogen-bond donors (Lipinski definition) is 1. The predicted molar refractivity (Wildman–Crippen MR) is 64.0 cm³/mol. The van der Waals surface area contributed by atoms with Gasteiger partial charge in [0, 0.05) is 9.75 Å². The highest BCUT2D eigenvalue weighted by Crippen LogP contribution is 2.36. The highest BCUT2D eigenvalue weighted by Gasteiger charge is 2.18. The van der Waals surface area contributed by atoms with Crippen molar-refractivity contribution < 1.29 is 9.84 Å². The van der Waals surface area contributed by atoms with Gasteiger partial charge in [-0.05, 0) is 30.5 Å². The van der Waals surface area contributed by atoms with Crippen LogP contribution < -0.4 is 4.74 Å². The molecule has 0 bridgehead atoms. The van der Waals surface area contributed by atoms with Gasteiger partial charge >= 0.3 is 0 Å². The molecule has 2 rings (SSSR count). The summed E-state index contributed by atoms with van der Waals surface area (Å²) >= 11 is 3.13. The zero-order valence-electron chi connectivity index (χ0n) is 8.56. The van der Waals surface area contributed by atoms with Crippen LogP contribution in [-0.2, 0) is 0 Å². The summed E-state index contributed by atoms with van der Waals surface area (Å²) in [7, 11) is 1.62. The van der Waals surface area contributed by atoms with Crippen molar-refractivity contribution in [3.8, 4) is 5.75 Å². The molecule has 15 heavy (non-hydrogen) atoms. The van der Waals surface area contributed by atoms with Gasteiger partial charge in [0.25, 0.3) is 0 Å². The normalized spacial score (nSPS) is 12.7. The van der Waals surface area contributed by atoms with E-state index in [1.54, 1.807) is 18.4 Å². The summed E-state index contributed by atoms with van der Waals surface area (Å²) in [6.07, 6.45) is -0.557. The van der Waals surface area contributed by atoms with Gasteiger partial charge in [-0.25, -0.2) is 0 Å².